The molecule has 0 aliphatic rings. The van der Waals surface area contributed by atoms with Crippen molar-refractivity contribution in [2.45, 2.75) is 52.9 Å². The summed E-state index contributed by atoms with van der Waals surface area (Å²) in [5.41, 5.74) is 0.603. The molecule has 1 heteroatoms. The van der Waals surface area contributed by atoms with E-state index in [1.165, 1.54) is 38.6 Å². The van der Waals surface area contributed by atoms with Crippen molar-refractivity contribution in [1.82, 2.24) is 4.90 Å². The molecule has 0 heterocycles. The molecular weight excluding hydrogens is 158 g/mol. The van der Waals surface area contributed by atoms with E-state index in [4.69, 9.17) is 0 Å². The smallest absolute Gasteiger partial charge is 0.00248 e. The molecule has 0 aromatic rings. The molecule has 1 nitrogen and oxygen atoms in total. The van der Waals surface area contributed by atoms with Gasteiger partial charge in [-0.25, -0.2) is 0 Å². The fourth-order valence-electron chi connectivity index (χ4n) is 1.58. The van der Waals surface area contributed by atoms with E-state index < -0.39 is 0 Å². The van der Waals surface area contributed by atoms with Gasteiger partial charge in [0.1, 0.15) is 0 Å². The Hall–Kier alpha value is -0.0400. The van der Waals surface area contributed by atoms with Gasteiger partial charge in [0.25, 0.3) is 0 Å². The molecule has 80 valence electrons. The molecule has 0 atom stereocenters. The van der Waals surface area contributed by atoms with Crippen LogP contribution < -0.4 is 0 Å². The summed E-state index contributed by atoms with van der Waals surface area (Å²) in [6.45, 7) is 8.29. The second kappa shape index (κ2) is 6.42. The van der Waals surface area contributed by atoms with E-state index >= 15 is 0 Å². The van der Waals surface area contributed by atoms with Crippen LogP contribution in [0.15, 0.2) is 0 Å². The lowest BCUT2D eigenvalue weighted by Crippen LogP contribution is -2.16. The molecule has 0 rings (SSSR count). The Bertz CT molecular complexity index is 114. The van der Waals surface area contributed by atoms with Gasteiger partial charge in [-0.1, -0.05) is 40.0 Å². The van der Waals surface area contributed by atoms with Crippen LogP contribution in [0.25, 0.3) is 0 Å². The van der Waals surface area contributed by atoms with Crippen molar-refractivity contribution < 1.29 is 0 Å². The minimum absolute atomic E-state index is 0.603. The van der Waals surface area contributed by atoms with Gasteiger partial charge in [-0.05, 0) is 38.9 Å². The minimum Gasteiger partial charge on any atom is -0.309 e. The lowest BCUT2D eigenvalue weighted by Gasteiger charge is -2.26. The fourth-order valence-corrected chi connectivity index (χ4v) is 1.58. The maximum atomic E-state index is 2.42. The largest absolute Gasteiger partial charge is 0.309 e. The molecule has 13 heavy (non-hydrogen) atoms. The third kappa shape index (κ3) is 6.09. The predicted molar refractivity (Wildman–Crippen MR) is 61.1 cm³/mol. The molecule has 0 spiro atoms. The van der Waals surface area contributed by atoms with E-state index in [1.807, 2.05) is 0 Å². The van der Waals surface area contributed by atoms with Gasteiger partial charge in [-0.15, -0.1) is 0 Å². The molecule has 0 amide bonds. The molecule has 0 saturated heterocycles. The average molecular weight is 185 g/mol. The molecule has 0 aliphatic carbocycles. The summed E-state index contributed by atoms with van der Waals surface area (Å²) >= 11 is 0. The topological polar surface area (TPSA) is 3.24 Å². The van der Waals surface area contributed by atoms with E-state index in [9.17, 15) is 0 Å². The third-order valence-corrected chi connectivity index (χ3v) is 3.34. The first kappa shape index (κ1) is 13.0. The molecule has 0 unspecified atom stereocenters. The monoisotopic (exact) mass is 185 g/mol. The minimum atomic E-state index is 0.603. The Morgan fingerprint density at radius 1 is 1.00 bits per heavy atom. The first-order valence-electron chi connectivity index (χ1n) is 5.69. The lowest BCUT2D eigenvalue weighted by molar-refractivity contribution is 0.256. The second-order valence-corrected chi connectivity index (χ2v) is 4.78. The molecular formula is C12H27N. The first-order valence-corrected chi connectivity index (χ1v) is 5.69. The van der Waals surface area contributed by atoms with Crippen molar-refractivity contribution in [2.75, 3.05) is 20.6 Å². The second-order valence-electron chi connectivity index (χ2n) is 4.78. The first-order chi connectivity index (χ1) is 6.04. The molecule has 0 aromatic heterocycles. The molecule has 0 bridgehead atoms. The predicted octanol–water partition coefficient (Wildman–Crippen LogP) is 3.54. The molecule has 0 aliphatic heterocycles. The highest BCUT2D eigenvalue weighted by atomic mass is 15.0. The van der Waals surface area contributed by atoms with Crippen molar-refractivity contribution in [3.05, 3.63) is 0 Å². The van der Waals surface area contributed by atoms with Crippen LogP contribution in [0.5, 0.6) is 0 Å². The summed E-state index contributed by atoms with van der Waals surface area (Å²) < 4.78 is 0. The summed E-state index contributed by atoms with van der Waals surface area (Å²) in [5, 5.41) is 0. The SMILES string of the molecule is CCC(C)(CC)CCCCN(C)C. The van der Waals surface area contributed by atoms with Crippen LogP contribution in [0.2, 0.25) is 0 Å². The van der Waals surface area contributed by atoms with Crippen LogP contribution >= 0.6 is 0 Å². The van der Waals surface area contributed by atoms with Crippen molar-refractivity contribution in [3.8, 4) is 0 Å². The number of hydrogen-bond donors (Lipinski definition) is 0. The van der Waals surface area contributed by atoms with E-state index in [-0.39, 0.29) is 0 Å². The van der Waals surface area contributed by atoms with Gasteiger partial charge in [0.05, 0.1) is 0 Å². The van der Waals surface area contributed by atoms with Crippen molar-refractivity contribution >= 4 is 0 Å². The Balaban J connectivity index is 3.50. The summed E-state index contributed by atoms with van der Waals surface area (Å²) in [6.07, 6.45) is 6.78. The summed E-state index contributed by atoms with van der Waals surface area (Å²) in [4.78, 5) is 2.27. The normalized spacial score (nSPS) is 12.5. The summed E-state index contributed by atoms with van der Waals surface area (Å²) in [5.74, 6) is 0. The highest BCUT2D eigenvalue weighted by molar-refractivity contribution is 4.70. The summed E-state index contributed by atoms with van der Waals surface area (Å²) in [7, 11) is 4.30. The fraction of sp³-hybridized carbons (Fsp3) is 1.00. The zero-order valence-electron chi connectivity index (χ0n) is 10.2. The molecule has 0 aromatic carbocycles. The molecule has 0 fully saturated rings. The Labute approximate surface area is 84.5 Å². The van der Waals surface area contributed by atoms with Crippen LogP contribution in [0.1, 0.15) is 52.9 Å². The number of unbranched alkanes of at least 4 members (excludes halogenated alkanes) is 1. The Morgan fingerprint density at radius 2 is 1.54 bits per heavy atom. The highest BCUT2D eigenvalue weighted by Crippen LogP contribution is 2.31. The van der Waals surface area contributed by atoms with Gasteiger partial charge >= 0.3 is 0 Å². The highest BCUT2D eigenvalue weighted by Gasteiger charge is 2.18. The number of hydrogen-bond acceptors (Lipinski definition) is 1. The standard InChI is InChI=1S/C12H27N/c1-6-12(3,7-2)10-8-9-11-13(4)5/h6-11H2,1-5H3. The van der Waals surface area contributed by atoms with Crippen LogP contribution in [0.3, 0.4) is 0 Å². The maximum absolute atomic E-state index is 2.42. The van der Waals surface area contributed by atoms with E-state index in [1.54, 1.807) is 0 Å². The van der Waals surface area contributed by atoms with Gasteiger partial charge in [-0.3, -0.25) is 0 Å². The zero-order valence-corrected chi connectivity index (χ0v) is 10.2. The van der Waals surface area contributed by atoms with Crippen LogP contribution in [0, 0.1) is 5.41 Å². The molecule has 0 saturated carbocycles. The van der Waals surface area contributed by atoms with Crippen LogP contribution in [-0.2, 0) is 0 Å². The Morgan fingerprint density at radius 3 is 1.92 bits per heavy atom. The van der Waals surface area contributed by atoms with E-state index in [0.717, 1.165) is 0 Å². The van der Waals surface area contributed by atoms with Crippen LogP contribution in [-0.4, -0.2) is 25.5 Å². The van der Waals surface area contributed by atoms with E-state index in [2.05, 4.69) is 39.8 Å². The van der Waals surface area contributed by atoms with E-state index in [0.29, 0.717) is 5.41 Å². The quantitative estimate of drug-likeness (QED) is 0.548. The number of nitrogens with zero attached hydrogens (tertiary/aromatic N) is 1. The van der Waals surface area contributed by atoms with Crippen LogP contribution in [0.4, 0.5) is 0 Å². The summed E-state index contributed by atoms with van der Waals surface area (Å²) in [6, 6.07) is 0. The Kier molecular flexibility index (Phi) is 6.40. The zero-order chi connectivity index (χ0) is 10.3. The van der Waals surface area contributed by atoms with Gasteiger partial charge in [0.2, 0.25) is 0 Å². The third-order valence-electron chi connectivity index (χ3n) is 3.34. The molecule has 0 N–H and O–H groups in total. The van der Waals surface area contributed by atoms with Gasteiger partial charge < -0.3 is 4.90 Å². The number of rotatable bonds is 7. The maximum Gasteiger partial charge on any atom is -0.00248 e. The van der Waals surface area contributed by atoms with Crippen molar-refractivity contribution in [2.24, 2.45) is 5.41 Å². The molecule has 0 radical (unpaired) electrons. The van der Waals surface area contributed by atoms with Crippen molar-refractivity contribution in [3.63, 3.8) is 0 Å². The van der Waals surface area contributed by atoms with Gasteiger partial charge in [-0.2, -0.15) is 0 Å². The van der Waals surface area contributed by atoms with Gasteiger partial charge in [0, 0.05) is 0 Å². The lowest BCUT2D eigenvalue weighted by atomic mass is 9.80. The average Bonchev–Trinajstić information content (AvgIpc) is 2.12. The van der Waals surface area contributed by atoms with Gasteiger partial charge in [0.15, 0.2) is 0 Å². The van der Waals surface area contributed by atoms with Crippen molar-refractivity contribution in [1.29, 1.82) is 0 Å².